The Morgan fingerprint density at radius 1 is 1.14 bits per heavy atom. The molecule has 0 fully saturated rings. The maximum absolute atomic E-state index is 12.1. The number of oxazole rings is 1. The van der Waals surface area contributed by atoms with Crippen molar-refractivity contribution in [1.29, 1.82) is 0 Å². The van der Waals surface area contributed by atoms with Crippen LogP contribution >= 0.6 is 0 Å². The first kappa shape index (κ1) is 15.8. The summed E-state index contributed by atoms with van der Waals surface area (Å²) in [6.45, 7) is 1.72. The second-order valence-corrected chi connectivity index (χ2v) is 8.97. The third kappa shape index (κ3) is 3.73. The number of nitrogens with zero attached hydrogens (tertiary/aromatic N) is 1. The largest absolute Gasteiger partial charge is 0.428 e. The number of rotatable bonds is 6. The van der Waals surface area contributed by atoms with Crippen LogP contribution in [-0.2, 0) is 19.7 Å². The van der Waals surface area contributed by atoms with Crippen molar-refractivity contribution >= 4 is 36.5 Å². The summed E-state index contributed by atoms with van der Waals surface area (Å²) in [5, 5.41) is -0.477. The topological polar surface area (TPSA) is 120 Å². The number of anilines is 1. The van der Waals surface area contributed by atoms with E-state index < -0.39 is 36.4 Å². The third-order valence-corrected chi connectivity index (χ3v) is 6.40. The Kier molecular flexibility index (Phi) is 4.24. The molecule has 1 aromatic heterocycles. The Morgan fingerprint density at radius 2 is 1.86 bits per heavy atom. The average Bonchev–Trinajstić information content (AvgIpc) is 2.80. The van der Waals surface area contributed by atoms with Crippen LogP contribution in [0.25, 0.3) is 11.1 Å². The monoisotopic (exact) mass is 332 g/mol. The molecule has 0 unspecified atom stereocenters. The van der Waals surface area contributed by atoms with Gasteiger partial charge in [-0.2, -0.15) is 4.98 Å². The van der Waals surface area contributed by atoms with Gasteiger partial charge in [-0.3, -0.25) is 0 Å². The van der Waals surface area contributed by atoms with Crippen molar-refractivity contribution in [3.63, 3.8) is 0 Å². The molecule has 2 aromatic rings. The van der Waals surface area contributed by atoms with Crippen LogP contribution in [0.3, 0.4) is 0 Å². The van der Waals surface area contributed by atoms with E-state index >= 15 is 0 Å². The number of aromatic nitrogens is 1. The van der Waals surface area contributed by atoms with Crippen LogP contribution in [0.5, 0.6) is 0 Å². The first-order valence-electron chi connectivity index (χ1n) is 6.33. The first-order chi connectivity index (χ1) is 9.73. The van der Waals surface area contributed by atoms with E-state index in [0.29, 0.717) is 17.6 Å². The second-order valence-electron chi connectivity index (χ2n) is 4.68. The summed E-state index contributed by atoms with van der Waals surface area (Å²) in [5.74, 6) is -1.02. The molecular weight excluding hydrogens is 316 g/mol. The molecule has 2 rings (SSSR count). The normalized spacial score (nSPS) is 12.8. The zero-order valence-electron chi connectivity index (χ0n) is 11.4. The molecule has 0 radical (unpaired) electrons. The van der Waals surface area contributed by atoms with Gasteiger partial charge >= 0.3 is 5.22 Å². The van der Waals surface area contributed by atoms with Crippen LogP contribution in [0, 0.1) is 0 Å². The van der Waals surface area contributed by atoms with Crippen LogP contribution in [0.15, 0.2) is 27.8 Å². The summed E-state index contributed by atoms with van der Waals surface area (Å²) in [5.41, 5.74) is 6.61. The van der Waals surface area contributed by atoms with Crippen molar-refractivity contribution < 1.29 is 21.3 Å². The molecule has 9 heteroatoms. The molecule has 0 spiro atoms. The fourth-order valence-electron chi connectivity index (χ4n) is 1.79. The number of sulfone groups is 2. The predicted octanol–water partition coefficient (Wildman–Crippen LogP) is 1.01. The molecule has 0 aliphatic carbocycles. The van der Waals surface area contributed by atoms with Crippen molar-refractivity contribution in [3.05, 3.63) is 18.2 Å². The minimum Gasteiger partial charge on any atom is -0.428 e. The van der Waals surface area contributed by atoms with E-state index in [-0.39, 0.29) is 11.3 Å². The van der Waals surface area contributed by atoms with Crippen molar-refractivity contribution in [2.75, 3.05) is 23.0 Å². The highest BCUT2D eigenvalue weighted by atomic mass is 32.2. The SMILES string of the molecule is CCCS(=O)(=O)CCS(=O)(=O)c1nc2ccc(N)cc2o1. The second kappa shape index (κ2) is 5.64. The summed E-state index contributed by atoms with van der Waals surface area (Å²) in [4.78, 5) is 3.87. The van der Waals surface area contributed by atoms with Crippen molar-refractivity contribution in [2.24, 2.45) is 0 Å². The van der Waals surface area contributed by atoms with Gasteiger partial charge in [0, 0.05) is 17.5 Å². The Bertz CT molecular complexity index is 853. The molecule has 0 amide bonds. The summed E-state index contributed by atoms with van der Waals surface area (Å²) in [6.07, 6.45) is 0.449. The summed E-state index contributed by atoms with van der Waals surface area (Å²) < 4.78 is 52.5. The van der Waals surface area contributed by atoms with Crippen LogP contribution in [0.1, 0.15) is 13.3 Å². The molecule has 0 atom stereocenters. The van der Waals surface area contributed by atoms with Gasteiger partial charge in [0.2, 0.25) is 9.84 Å². The molecule has 2 N–H and O–H groups in total. The highest BCUT2D eigenvalue weighted by Gasteiger charge is 2.24. The lowest BCUT2D eigenvalue weighted by Gasteiger charge is -2.01. The first-order valence-corrected chi connectivity index (χ1v) is 9.80. The molecule has 0 aliphatic rings. The van der Waals surface area contributed by atoms with Gasteiger partial charge in [0.15, 0.2) is 15.4 Å². The standard InChI is InChI=1S/C12H16N2O5S2/c1-2-5-20(15,16)6-7-21(17,18)12-14-10-4-3-9(13)8-11(10)19-12/h3-4,8H,2,5-7,13H2,1H3. The smallest absolute Gasteiger partial charge is 0.316 e. The Balaban J connectivity index is 2.25. The van der Waals surface area contributed by atoms with Gasteiger partial charge in [-0.1, -0.05) is 6.92 Å². The Labute approximate surface area is 123 Å². The highest BCUT2D eigenvalue weighted by Crippen LogP contribution is 2.21. The van der Waals surface area contributed by atoms with Gasteiger partial charge in [0.1, 0.15) is 5.52 Å². The summed E-state index contributed by atoms with van der Waals surface area (Å²) >= 11 is 0. The minimum atomic E-state index is -3.88. The number of benzene rings is 1. The lowest BCUT2D eigenvalue weighted by Crippen LogP contribution is -2.19. The number of nitrogens with two attached hydrogens (primary N) is 1. The Morgan fingerprint density at radius 3 is 2.52 bits per heavy atom. The van der Waals surface area contributed by atoms with Crippen molar-refractivity contribution in [3.8, 4) is 0 Å². The molecule has 116 valence electrons. The number of fused-ring (bicyclic) bond motifs is 1. The zero-order valence-corrected chi connectivity index (χ0v) is 13.1. The average molecular weight is 332 g/mol. The molecule has 7 nitrogen and oxygen atoms in total. The molecule has 0 bridgehead atoms. The lowest BCUT2D eigenvalue weighted by atomic mass is 10.3. The van der Waals surface area contributed by atoms with Gasteiger partial charge < -0.3 is 10.2 Å². The number of hydrogen-bond donors (Lipinski definition) is 1. The quantitative estimate of drug-likeness (QED) is 0.783. The molecule has 1 heterocycles. The van der Waals surface area contributed by atoms with E-state index in [0.717, 1.165) is 0 Å². The molecular formula is C12H16N2O5S2. The van der Waals surface area contributed by atoms with E-state index in [2.05, 4.69) is 4.98 Å². The van der Waals surface area contributed by atoms with Crippen LogP contribution in [0.2, 0.25) is 0 Å². The van der Waals surface area contributed by atoms with E-state index in [4.69, 9.17) is 10.2 Å². The molecule has 21 heavy (non-hydrogen) atoms. The maximum Gasteiger partial charge on any atom is 0.316 e. The van der Waals surface area contributed by atoms with E-state index in [9.17, 15) is 16.8 Å². The van der Waals surface area contributed by atoms with Crippen molar-refractivity contribution in [2.45, 2.75) is 18.6 Å². The van der Waals surface area contributed by atoms with E-state index in [1.807, 2.05) is 0 Å². The fourth-order valence-corrected chi connectivity index (χ4v) is 5.14. The van der Waals surface area contributed by atoms with E-state index in [1.165, 1.54) is 6.07 Å². The van der Waals surface area contributed by atoms with Crippen LogP contribution in [0.4, 0.5) is 5.69 Å². The molecule has 0 saturated heterocycles. The third-order valence-electron chi connectivity index (χ3n) is 2.84. The molecule has 0 aliphatic heterocycles. The number of hydrogen-bond acceptors (Lipinski definition) is 7. The molecule has 1 aromatic carbocycles. The lowest BCUT2D eigenvalue weighted by molar-refractivity contribution is 0.459. The van der Waals surface area contributed by atoms with Gasteiger partial charge in [-0.05, 0) is 18.6 Å². The van der Waals surface area contributed by atoms with Crippen molar-refractivity contribution in [1.82, 2.24) is 4.98 Å². The minimum absolute atomic E-state index is 0.0351. The fraction of sp³-hybridized carbons (Fsp3) is 0.417. The van der Waals surface area contributed by atoms with Crippen LogP contribution in [-0.4, -0.2) is 39.1 Å². The van der Waals surface area contributed by atoms with Gasteiger partial charge in [-0.25, -0.2) is 16.8 Å². The summed E-state index contributed by atoms with van der Waals surface area (Å²) in [7, 11) is -7.26. The highest BCUT2D eigenvalue weighted by molar-refractivity contribution is 7.95. The predicted molar refractivity (Wildman–Crippen MR) is 79.4 cm³/mol. The van der Waals surface area contributed by atoms with Gasteiger partial charge in [0.05, 0.1) is 11.5 Å². The van der Waals surface area contributed by atoms with Crippen LogP contribution < -0.4 is 5.73 Å². The zero-order chi connectivity index (χ0) is 15.7. The van der Waals surface area contributed by atoms with Gasteiger partial charge in [-0.15, -0.1) is 0 Å². The van der Waals surface area contributed by atoms with Gasteiger partial charge in [0.25, 0.3) is 0 Å². The number of nitrogen functional groups attached to an aromatic ring is 1. The summed E-state index contributed by atoms with van der Waals surface area (Å²) in [6, 6.07) is 4.59. The Hall–Kier alpha value is -1.61. The van der Waals surface area contributed by atoms with E-state index in [1.54, 1.807) is 19.1 Å². The molecule has 0 saturated carbocycles. The maximum atomic E-state index is 12.1.